The van der Waals surface area contributed by atoms with Crippen molar-refractivity contribution in [2.24, 2.45) is 5.73 Å². The number of hydrogen-bond acceptors (Lipinski definition) is 2. The molecule has 0 bridgehead atoms. The molecule has 18 heavy (non-hydrogen) atoms. The van der Waals surface area contributed by atoms with Gasteiger partial charge in [-0.2, -0.15) is 0 Å². The minimum absolute atomic E-state index is 0.687. The van der Waals surface area contributed by atoms with E-state index in [1.54, 1.807) is 0 Å². The molecule has 0 aliphatic rings. The second-order valence-corrected chi connectivity index (χ2v) is 4.45. The minimum Gasteiger partial charge on any atom is -0.330 e. The van der Waals surface area contributed by atoms with E-state index in [1.165, 1.54) is 28.5 Å². The average molecular weight is 238 g/mol. The van der Waals surface area contributed by atoms with Gasteiger partial charge in [0.05, 0.1) is 0 Å². The Hall–Kier alpha value is -1.93. The summed E-state index contributed by atoms with van der Waals surface area (Å²) in [6, 6.07) is 14.6. The molecular weight excluding hydrogens is 220 g/mol. The first kappa shape index (κ1) is 12.5. The second kappa shape index (κ2) is 5.61. The van der Waals surface area contributed by atoms with E-state index in [4.69, 9.17) is 11.1 Å². The smallest absolute Gasteiger partial charge is 0.0250 e. The van der Waals surface area contributed by atoms with Gasteiger partial charge in [0.25, 0.3) is 0 Å². The first-order chi connectivity index (χ1) is 8.74. The summed E-state index contributed by atoms with van der Waals surface area (Å²) in [6.45, 7) is 2.77. The third kappa shape index (κ3) is 2.66. The minimum atomic E-state index is 0.687. The lowest BCUT2D eigenvalue weighted by Crippen LogP contribution is -2.02. The molecule has 0 aliphatic carbocycles. The zero-order valence-corrected chi connectivity index (χ0v) is 10.6. The maximum absolute atomic E-state index is 7.25. The normalized spacial score (nSPS) is 10.3. The molecule has 2 nitrogen and oxygen atoms in total. The maximum atomic E-state index is 7.25. The summed E-state index contributed by atoms with van der Waals surface area (Å²) in [5, 5.41) is 7.25. The Labute approximate surface area is 108 Å². The fraction of sp³-hybridized carbons (Fsp3) is 0.188. The highest BCUT2D eigenvalue weighted by Crippen LogP contribution is 2.24. The molecule has 0 atom stereocenters. The highest BCUT2D eigenvalue weighted by atomic mass is 14.5. The van der Waals surface area contributed by atoms with Crippen LogP contribution in [0.1, 0.15) is 16.7 Å². The molecule has 0 saturated carbocycles. The van der Waals surface area contributed by atoms with Crippen molar-refractivity contribution in [2.45, 2.75) is 13.3 Å². The molecule has 0 saturated heterocycles. The lowest BCUT2D eigenvalue weighted by molar-refractivity contribution is 0.969. The summed E-state index contributed by atoms with van der Waals surface area (Å²) < 4.78 is 0. The molecule has 0 aromatic heterocycles. The van der Waals surface area contributed by atoms with Crippen molar-refractivity contribution in [3.63, 3.8) is 0 Å². The summed E-state index contributed by atoms with van der Waals surface area (Å²) in [5.74, 6) is 0. The Morgan fingerprint density at radius 3 is 2.39 bits per heavy atom. The van der Waals surface area contributed by atoms with Crippen LogP contribution in [-0.2, 0) is 6.42 Å². The molecular formula is C16H18N2. The number of nitrogens with two attached hydrogens (primary N) is 1. The van der Waals surface area contributed by atoms with Crippen LogP contribution in [0.25, 0.3) is 11.1 Å². The van der Waals surface area contributed by atoms with Gasteiger partial charge in [-0.15, -0.1) is 0 Å². The summed E-state index contributed by atoms with van der Waals surface area (Å²) in [5.41, 5.74) is 11.4. The average Bonchev–Trinajstić information content (AvgIpc) is 2.40. The Morgan fingerprint density at radius 2 is 1.83 bits per heavy atom. The molecule has 0 heterocycles. The summed E-state index contributed by atoms with van der Waals surface area (Å²) in [4.78, 5) is 0. The van der Waals surface area contributed by atoms with E-state index < -0.39 is 0 Å². The number of rotatable bonds is 4. The number of aryl methyl sites for hydroxylation is 1. The van der Waals surface area contributed by atoms with Crippen LogP contribution in [0.3, 0.4) is 0 Å². The van der Waals surface area contributed by atoms with Crippen LogP contribution in [0.15, 0.2) is 42.5 Å². The van der Waals surface area contributed by atoms with Gasteiger partial charge < -0.3 is 11.1 Å². The molecule has 0 fully saturated rings. The van der Waals surface area contributed by atoms with Gasteiger partial charge in [0.1, 0.15) is 0 Å². The first-order valence-electron chi connectivity index (χ1n) is 6.15. The van der Waals surface area contributed by atoms with Crippen LogP contribution in [-0.4, -0.2) is 12.8 Å². The predicted molar refractivity (Wildman–Crippen MR) is 77.3 cm³/mol. The van der Waals surface area contributed by atoms with Crippen LogP contribution >= 0.6 is 0 Å². The van der Waals surface area contributed by atoms with Crippen LogP contribution < -0.4 is 5.73 Å². The van der Waals surface area contributed by atoms with Gasteiger partial charge in [-0.25, -0.2) is 0 Å². The monoisotopic (exact) mass is 238 g/mol. The van der Waals surface area contributed by atoms with Crippen molar-refractivity contribution in [1.82, 2.24) is 0 Å². The molecule has 0 radical (unpaired) electrons. The van der Waals surface area contributed by atoms with Crippen molar-refractivity contribution in [3.8, 4) is 11.1 Å². The van der Waals surface area contributed by atoms with Crippen molar-refractivity contribution >= 4 is 6.21 Å². The van der Waals surface area contributed by atoms with E-state index in [2.05, 4.69) is 37.3 Å². The predicted octanol–water partition coefficient (Wildman–Crippen LogP) is 3.16. The van der Waals surface area contributed by atoms with Gasteiger partial charge in [-0.3, -0.25) is 0 Å². The Balaban J connectivity index is 2.33. The SMILES string of the molecule is Cc1cc(C=N)ccc1-c1ccc(CCN)cc1. The Kier molecular flexibility index (Phi) is 3.90. The van der Waals surface area contributed by atoms with E-state index in [0.717, 1.165) is 12.0 Å². The fourth-order valence-electron chi connectivity index (χ4n) is 2.12. The van der Waals surface area contributed by atoms with Crippen molar-refractivity contribution in [3.05, 3.63) is 59.2 Å². The maximum Gasteiger partial charge on any atom is 0.0250 e. The highest BCUT2D eigenvalue weighted by molar-refractivity contribution is 5.80. The lowest BCUT2D eigenvalue weighted by atomic mass is 9.97. The quantitative estimate of drug-likeness (QED) is 0.790. The second-order valence-electron chi connectivity index (χ2n) is 4.45. The summed E-state index contributed by atoms with van der Waals surface area (Å²) in [6.07, 6.45) is 2.30. The van der Waals surface area contributed by atoms with Crippen LogP contribution in [0.2, 0.25) is 0 Å². The van der Waals surface area contributed by atoms with Gasteiger partial charge in [0.15, 0.2) is 0 Å². The molecule has 2 aromatic carbocycles. The number of nitrogens with one attached hydrogen (secondary N) is 1. The van der Waals surface area contributed by atoms with E-state index in [9.17, 15) is 0 Å². The molecule has 2 rings (SSSR count). The topological polar surface area (TPSA) is 49.9 Å². The van der Waals surface area contributed by atoms with Gasteiger partial charge in [-0.05, 0) is 53.8 Å². The van der Waals surface area contributed by atoms with Crippen molar-refractivity contribution in [2.75, 3.05) is 6.54 Å². The summed E-state index contributed by atoms with van der Waals surface area (Å²) in [7, 11) is 0. The third-order valence-corrected chi connectivity index (χ3v) is 3.12. The Bertz CT molecular complexity index is 542. The standard InChI is InChI=1S/C16H18N2/c1-12-10-14(11-18)4-7-16(12)15-5-2-13(3-6-15)8-9-17/h2-7,10-11,18H,8-9,17H2,1H3. The van der Waals surface area contributed by atoms with Crippen molar-refractivity contribution < 1.29 is 0 Å². The first-order valence-corrected chi connectivity index (χ1v) is 6.15. The Morgan fingerprint density at radius 1 is 1.11 bits per heavy atom. The number of hydrogen-bond donors (Lipinski definition) is 2. The molecule has 2 heteroatoms. The molecule has 92 valence electrons. The van der Waals surface area contributed by atoms with E-state index in [0.29, 0.717) is 6.54 Å². The molecule has 0 spiro atoms. The molecule has 0 amide bonds. The van der Waals surface area contributed by atoms with E-state index in [1.807, 2.05) is 12.1 Å². The van der Waals surface area contributed by atoms with E-state index >= 15 is 0 Å². The zero-order chi connectivity index (χ0) is 13.0. The van der Waals surface area contributed by atoms with Gasteiger partial charge in [0, 0.05) is 6.21 Å². The molecule has 3 N–H and O–H groups in total. The summed E-state index contributed by atoms with van der Waals surface area (Å²) >= 11 is 0. The van der Waals surface area contributed by atoms with Gasteiger partial charge >= 0.3 is 0 Å². The third-order valence-electron chi connectivity index (χ3n) is 3.12. The van der Waals surface area contributed by atoms with E-state index in [-0.39, 0.29) is 0 Å². The fourth-order valence-corrected chi connectivity index (χ4v) is 2.12. The number of benzene rings is 2. The molecule has 2 aromatic rings. The van der Waals surface area contributed by atoms with Crippen LogP contribution in [0, 0.1) is 12.3 Å². The molecule has 0 aliphatic heterocycles. The lowest BCUT2D eigenvalue weighted by Gasteiger charge is -2.08. The van der Waals surface area contributed by atoms with Gasteiger partial charge in [-0.1, -0.05) is 36.4 Å². The van der Waals surface area contributed by atoms with Crippen molar-refractivity contribution in [1.29, 1.82) is 5.41 Å². The zero-order valence-electron chi connectivity index (χ0n) is 10.6. The van der Waals surface area contributed by atoms with Crippen LogP contribution in [0.4, 0.5) is 0 Å². The highest BCUT2D eigenvalue weighted by Gasteiger charge is 2.02. The van der Waals surface area contributed by atoms with Crippen LogP contribution in [0.5, 0.6) is 0 Å². The largest absolute Gasteiger partial charge is 0.330 e. The van der Waals surface area contributed by atoms with Gasteiger partial charge in [0.2, 0.25) is 0 Å². The molecule has 0 unspecified atom stereocenters.